The molecular formula is C15H24N4O. The lowest BCUT2D eigenvalue weighted by Gasteiger charge is -2.09. The van der Waals surface area contributed by atoms with E-state index in [1.807, 2.05) is 0 Å². The molecule has 1 amide bonds. The van der Waals surface area contributed by atoms with Crippen LogP contribution < -0.4 is 10.6 Å². The fourth-order valence-corrected chi connectivity index (χ4v) is 2.57. The summed E-state index contributed by atoms with van der Waals surface area (Å²) in [6, 6.07) is 0. The second kappa shape index (κ2) is 7.82. The molecule has 0 spiro atoms. The summed E-state index contributed by atoms with van der Waals surface area (Å²) in [7, 11) is 0. The summed E-state index contributed by atoms with van der Waals surface area (Å²) in [5.41, 5.74) is 0.387. The van der Waals surface area contributed by atoms with Crippen LogP contribution in [0.1, 0.15) is 55.9 Å². The number of aromatic nitrogens is 2. The Morgan fingerprint density at radius 3 is 2.70 bits per heavy atom. The lowest BCUT2D eigenvalue weighted by Crippen LogP contribution is -2.26. The smallest absolute Gasteiger partial charge is 0.271 e. The molecule has 0 unspecified atom stereocenters. The van der Waals surface area contributed by atoms with Crippen molar-refractivity contribution in [3.05, 3.63) is 18.1 Å². The monoisotopic (exact) mass is 276 g/mol. The normalized spacial score (nSPS) is 15.2. The third-order valence-corrected chi connectivity index (χ3v) is 3.75. The van der Waals surface area contributed by atoms with Crippen LogP contribution in [-0.2, 0) is 0 Å². The van der Waals surface area contributed by atoms with Gasteiger partial charge in [-0.2, -0.15) is 0 Å². The molecule has 0 saturated heterocycles. The Hall–Kier alpha value is -1.65. The number of amides is 1. The lowest BCUT2D eigenvalue weighted by molar-refractivity contribution is 0.0946. The molecular weight excluding hydrogens is 252 g/mol. The van der Waals surface area contributed by atoms with Gasteiger partial charge in [0.05, 0.1) is 12.4 Å². The first-order chi connectivity index (χ1) is 9.79. The zero-order chi connectivity index (χ0) is 14.2. The molecule has 1 aliphatic carbocycles. The molecule has 20 heavy (non-hydrogen) atoms. The van der Waals surface area contributed by atoms with Crippen molar-refractivity contribution >= 4 is 11.7 Å². The zero-order valence-corrected chi connectivity index (χ0v) is 12.2. The van der Waals surface area contributed by atoms with E-state index in [2.05, 4.69) is 27.5 Å². The van der Waals surface area contributed by atoms with Crippen LogP contribution in [0.4, 0.5) is 5.82 Å². The average Bonchev–Trinajstić information content (AvgIpc) is 2.99. The van der Waals surface area contributed by atoms with Gasteiger partial charge in [0.1, 0.15) is 11.5 Å². The van der Waals surface area contributed by atoms with Crippen molar-refractivity contribution in [2.45, 2.75) is 45.4 Å². The van der Waals surface area contributed by atoms with Crippen LogP contribution in [0.2, 0.25) is 0 Å². The molecule has 0 atom stereocenters. The van der Waals surface area contributed by atoms with Gasteiger partial charge in [0.2, 0.25) is 0 Å². The predicted molar refractivity (Wildman–Crippen MR) is 79.7 cm³/mol. The van der Waals surface area contributed by atoms with Gasteiger partial charge in [0, 0.05) is 13.1 Å². The molecule has 2 N–H and O–H groups in total. The van der Waals surface area contributed by atoms with E-state index in [4.69, 9.17) is 0 Å². The number of nitrogens with zero attached hydrogens (tertiary/aromatic N) is 2. The van der Waals surface area contributed by atoms with Gasteiger partial charge in [-0.3, -0.25) is 4.79 Å². The van der Waals surface area contributed by atoms with Crippen LogP contribution in [0.5, 0.6) is 0 Å². The van der Waals surface area contributed by atoms with E-state index in [9.17, 15) is 4.79 Å². The van der Waals surface area contributed by atoms with Gasteiger partial charge in [0.25, 0.3) is 5.91 Å². The Morgan fingerprint density at radius 1 is 1.25 bits per heavy atom. The molecule has 2 rings (SSSR count). The first-order valence-electron chi connectivity index (χ1n) is 7.63. The Bertz CT molecular complexity index is 412. The molecule has 0 bridgehead atoms. The molecule has 1 aromatic heterocycles. The molecule has 5 heteroatoms. The van der Waals surface area contributed by atoms with E-state index in [0.717, 1.165) is 31.8 Å². The largest absolute Gasteiger partial charge is 0.369 e. The second-order valence-electron chi connectivity index (χ2n) is 5.41. The van der Waals surface area contributed by atoms with E-state index < -0.39 is 0 Å². The van der Waals surface area contributed by atoms with Crippen molar-refractivity contribution in [3.63, 3.8) is 0 Å². The highest BCUT2D eigenvalue weighted by Gasteiger charge is 2.15. The number of hydrogen-bond acceptors (Lipinski definition) is 4. The van der Waals surface area contributed by atoms with E-state index in [0.29, 0.717) is 11.5 Å². The lowest BCUT2D eigenvalue weighted by atomic mass is 10.0. The molecule has 0 aromatic carbocycles. The maximum absolute atomic E-state index is 11.9. The molecule has 0 aliphatic heterocycles. The van der Waals surface area contributed by atoms with E-state index >= 15 is 0 Å². The summed E-state index contributed by atoms with van der Waals surface area (Å²) in [5.74, 6) is 1.38. The van der Waals surface area contributed by atoms with Gasteiger partial charge in [-0.05, 0) is 18.8 Å². The summed E-state index contributed by atoms with van der Waals surface area (Å²) in [6.07, 6.45) is 10.6. The molecule has 1 aliphatic rings. The summed E-state index contributed by atoms with van der Waals surface area (Å²) in [4.78, 5) is 20.2. The minimum Gasteiger partial charge on any atom is -0.369 e. The minimum absolute atomic E-state index is 0.127. The fourth-order valence-electron chi connectivity index (χ4n) is 2.57. The highest BCUT2D eigenvalue weighted by molar-refractivity contribution is 5.91. The number of hydrogen-bond donors (Lipinski definition) is 2. The van der Waals surface area contributed by atoms with Crippen LogP contribution in [-0.4, -0.2) is 29.0 Å². The molecule has 0 radical (unpaired) electrons. The summed E-state index contributed by atoms with van der Waals surface area (Å²) < 4.78 is 0. The number of nitrogens with one attached hydrogen (secondary N) is 2. The molecule has 5 nitrogen and oxygen atoms in total. The second-order valence-corrected chi connectivity index (χ2v) is 5.41. The highest BCUT2D eigenvalue weighted by Crippen LogP contribution is 2.26. The van der Waals surface area contributed by atoms with E-state index in [1.54, 1.807) is 6.20 Å². The average molecular weight is 276 g/mol. The van der Waals surface area contributed by atoms with Gasteiger partial charge in [-0.15, -0.1) is 0 Å². The van der Waals surface area contributed by atoms with Gasteiger partial charge in [-0.25, -0.2) is 9.97 Å². The number of rotatable bonds is 7. The van der Waals surface area contributed by atoms with Crippen LogP contribution in [0, 0.1) is 5.92 Å². The van der Waals surface area contributed by atoms with Crippen molar-refractivity contribution in [1.82, 2.24) is 15.3 Å². The van der Waals surface area contributed by atoms with Crippen molar-refractivity contribution < 1.29 is 4.79 Å². The van der Waals surface area contributed by atoms with Crippen molar-refractivity contribution in [2.24, 2.45) is 5.92 Å². The van der Waals surface area contributed by atoms with Gasteiger partial charge >= 0.3 is 0 Å². The van der Waals surface area contributed by atoms with Gasteiger partial charge in [0.15, 0.2) is 0 Å². The van der Waals surface area contributed by atoms with Crippen molar-refractivity contribution in [1.29, 1.82) is 0 Å². The fraction of sp³-hybridized carbons (Fsp3) is 0.667. The third kappa shape index (κ3) is 4.47. The standard InChI is InChI=1S/C15H24N4O/c1-2-8-16-14-11-18-13(10-19-14)15(20)17-9-7-12-5-3-4-6-12/h10-12H,2-9H2,1H3,(H,16,19)(H,17,20). The number of anilines is 1. The predicted octanol–water partition coefficient (Wildman–Crippen LogP) is 2.61. The zero-order valence-electron chi connectivity index (χ0n) is 12.2. The number of carbonyl (C=O) groups is 1. The van der Waals surface area contributed by atoms with Crippen LogP contribution in [0.15, 0.2) is 12.4 Å². The topological polar surface area (TPSA) is 66.9 Å². The SMILES string of the molecule is CCCNc1cnc(C(=O)NCCC2CCCC2)cn1. The molecule has 1 saturated carbocycles. The third-order valence-electron chi connectivity index (χ3n) is 3.75. The van der Waals surface area contributed by atoms with E-state index in [-0.39, 0.29) is 5.91 Å². The van der Waals surface area contributed by atoms with Crippen molar-refractivity contribution in [3.8, 4) is 0 Å². The Labute approximate surface area is 120 Å². The first kappa shape index (κ1) is 14.8. The van der Waals surface area contributed by atoms with Gasteiger partial charge in [-0.1, -0.05) is 32.6 Å². The van der Waals surface area contributed by atoms with Gasteiger partial charge < -0.3 is 10.6 Å². The Balaban J connectivity index is 1.73. The number of carbonyl (C=O) groups excluding carboxylic acids is 1. The van der Waals surface area contributed by atoms with Crippen molar-refractivity contribution in [2.75, 3.05) is 18.4 Å². The van der Waals surface area contributed by atoms with Crippen LogP contribution >= 0.6 is 0 Å². The highest BCUT2D eigenvalue weighted by atomic mass is 16.1. The molecule has 110 valence electrons. The van der Waals surface area contributed by atoms with E-state index in [1.165, 1.54) is 31.9 Å². The summed E-state index contributed by atoms with van der Waals surface area (Å²) in [6.45, 7) is 3.69. The summed E-state index contributed by atoms with van der Waals surface area (Å²) >= 11 is 0. The summed E-state index contributed by atoms with van der Waals surface area (Å²) in [5, 5.41) is 6.06. The molecule has 1 fully saturated rings. The maximum Gasteiger partial charge on any atom is 0.271 e. The maximum atomic E-state index is 11.9. The Morgan fingerprint density at radius 2 is 2.05 bits per heavy atom. The van der Waals surface area contributed by atoms with Crippen LogP contribution in [0.25, 0.3) is 0 Å². The quantitative estimate of drug-likeness (QED) is 0.803. The molecule has 1 heterocycles. The molecule has 1 aromatic rings. The minimum atomic E-state index is -0.127. The Kier molecular flexibility index (Phi) is 5.77. The first-order valence-corrected chi connectivity index (χ1v) is 7.63. The van der Waals surface area contributed by atoms with Crippen LogP contribution in [0.3, 0.4) is 0 Å².